The topological polar surface area (TPSA) is 47.4 Å². The summed E-state index contributed by atoms with van der Waals surface area (Å²) in [6.45, 7) is 3.85. The Morgan fingerprint density at radius 3 is 2.87 bits per heavy atom. The van der Waals surface area contributed by atoms with E-state index in [-0.39, 0.29) is 5.97 Å². The van der Waals surface area contributed by atoms with Crippen LogP contribution in [0.5, 0.6) is 0 Å². The second kappa shape index (κ2) is 5.50. The zero-order valence-corrected chi connectivity index (χ0v) is 9.43. The van der Waals surface area contributed by atoms with E-state index in [0.29, 0.717) is 13.1 Å². The van der Waals surface area contributed by atoms with Crippen LogP contribution in [0.25, 0.3) is 0 Å². The van der Waals surface area contributed by atoms with Gasteiger partial charge in [-0.15, -0.1) is 0 Å². The van der Waals surface area contributed by atoms with Gasteiger partial charge in [-0.1, -0.05) is 6.92 Å². The minimum Gasteiger partial charge on any atom is -0.468 e. The first kappa shape index (κ1) is 11.7. The summed E-state index contributed by atoms with van der Waals surface area (Å²) in [4.78, 5) is 17.1. The summed E-state index contributed by atoms with van der Waals surface area (Å²) in [6, 6.07) is 0. The van der Waals surface area contributed by atoms with E-state index in [1.807, 2.05) is 23.4 Å². The van der Waals surface area contributed by atoms with Crippen LogP contribution in [0, 0.1) is 0 Å². The molecule has 0 atom stereocenters. The van der Waals surface area contributed by atoms with Crippen LogP contribution in [0.3, 0.4) is 0 Å². The van der Waals surface area contributed by atoms with Crippen molar-refractivity contribution in [2.24, 2.45) is 7.05 Å². The number of carbonyl (C=O) groups excluding carboxylic acids is 1. The number of hydrogen-bond acceptors (Lipinski definition) is 4. The quantitative estimate of drug-likeness (QED) is 0.662. The van der Waals surface area contributed by atoms with Gasteiger partial charge in [-0.2, -0.15) is 0 Å². The second-order valence-corrected chi connectivity index (χ2v) is 3.38. The van der Waals surface area contributed by atoms with E-state index in [9.17, 15) is 4.79 Å². The van der Waals surface area contributed by atoms with Gasteiger partial charge < -0.3 is 9.30 Å². The van der Waals surface area contributed by atoms with Gasteiger partial charge in [0.05, 0.1) is 25.7 Å². The number of aryl methyl sites for hydroxylation is 1. The van der Waals surface area contributed by atoms with Gasteiger partial charge in [-0.3, -0.25) is 9.69 Å². The minimum atomic E-state index is -0.209. The highest BCUT2D eigenvalue weighted by Gasteiger charge is 2.10. The molecule has 1 heterocycles. The van der Waals surface area contributed by atoms with Crippen molar-refractivity contribution in [2.75, 3.05) is 20.2 Å². The number of methoxy groups -OCH3 is 1. The number of aromatic nitrogens is 2. The molecule has 0 aliphatic carbocycles. The average Bonchev–Trinajstić information content (AvgIpc) is 2.63. The number of rotatable bonds is 5. The Labute approximate surface area is 89.7 Å². The lowest BCUT2D eigenvalue weighted by atomic mass is 10.4. The Balaban J connectivity index is 2.54. The lowest BCUT2D eigenvalue weighted by Gasteiger charge is -2.18. The number of hydrogen-bond donors (Lipinski definition) is 0. The van der Waals surface area contributed by atoms with Gasteiger partial charge in [0, 0.05) is 19.8 Å². The maximum Gasteiger partial charge on any atom is 0.319 e. The average molecular weight is 211 g/mol. The SMILES string of the molecule is CCN(CC(=O)OC)Cc1cncn1C. The summed E-state index contributed by atoms with van der Waals surface area (Å²) in [5.41, 5.74) is 1.08. The number of nitrogens with zero attached hydrogens (tertiary/aromatic N) is 3. The van der Waals surface area contributed by atoms with Crippen molar-refractivity contribution >= 4 is 5.97 Å². The Hall–Kier alpha value is -1.36. The summed E-state index contributed by atoms with van der Waals surface area (Å²) in [5.74, 6) is -0.209. The fourth-order valence-electron chi connectivity index (χ4n) is 1.29. The molecule has 5 nitrogen and oxygen atoms in total. The molecule has 1 aromatic heterocycles. The van der Waals surface area contributed by atoms with Crippen LogP contribution in [-0.2, 0) is 23.1 Å². The van der Waals surface area contributed by atoms with E-state index in [1.165, 1.54) is 7.11 Å². The minimum absolute atomic E-state index is 0.209. The number of imidazole rings is 1. The van der Waals surface area contributed by atoms with Gasteiger partial charge in [0.15, 0.2) is 0 Å². The zero-order chi connectivity index (χ0) is 11.3. The molecule has 0 N–H and O–H groups in total. The maximum atomic E-state index is 11.1. The summed E-state index contributed by atoms with van der Waals surface area (Å²) in [6.07, 6.45) is 3.56. The summed E-state index contributed by atoms with van der Waals surface area (Å²) < 4.78 is 6.57. The molecule has 1 aromatic rings. The lowest BCUT2D eigenvalue weighted by molar-refractivity contribution is -0.142. The normalized spacial score (nSPS) is 10.7. The van der Waals surface area contributed by atoms with Crippen LogP contribution in [0.4, 0.5) is 0 Å². The monoisotopic (exact) mass is 211 g/mol. The van der Waals surface area contributed by atoms with Crippen LogP contribution < -0.4 is 0 Å². The molecule has 84 valence electrons. The Morgan fingerprint density at radius 1 is 1.67 bits per heavy atom. The van der Waals surface area contributed by atoms with E-state index in [1.54, 1.807) is 12.5 Å². The second-order valence-electron chi connectivity index (χ2n) is 3.38. The number of esters is 1. The van der Waals surface area contributed by atoms with Gasteiger partial charge in [0.1, 0.15) is 0 Å². The molecule has 0 amide bonds. The molecule has 0 aliphatic heterocycles. The summed E-state index contributed by atoms with van der Waals surface area (Å²) >= 11 is 0. The van der Waals surface area contributed by atoms with Gasteiger partial charge in [0.2, 0.25) is 0 Å². The van der Waals surface area contributed by atoms with Gasteiger partial charge >= 0.3 is 5.97 Å². The van der Waals surface area contributed by atoms with Crippen molar-refractivity contribution in [3.63, 3.8) is 0 Å². The molecule has 15 heavy (non-hydrogen) atoms. The molecular weight excluding hydrogens is 194 g/mol. The summed E-state index contributed by atoms with van der Waals surface area (Å²) in [5, 5.41) is 0. The number of carbonyl (C=O) groups is 1. The molecule has 0 spiro atoms. The van der Waals surface area contributed by atoms with Crippen LogP contribution in [0.2, 0.25) is 0 Å². The highest BCUT2D eigenvalue weighted by atomic mass is 16.5. The largest absolute Gasteiger partial charge is 0.468 e. The van der Waals surface area contributed by atoms with Crippen molar-refractivity contribution in [3.05, 3.63) is 18.2 Å². The van der Waals surface area contributed by atoms with Crippen molar-refractivity contribution in [1.29, 1.82) is 0 Å². The first-order valence-electron chi connectivity index (χ1n) is 4.91. The Morgan fingerprint density at radius 2 is 2.40 bits per heavy atom. The predicted molar refractivity (Wildman–Crippen MR) is 56.2 cm³/mol. The van der Waals surface area contributed by atoms with E-state index in [2.05, 4.69) is 9.72 Å². The molecule has 1 rings (SSSR count). The van der Waals surface area contributed by atoms with Crippen LogP contribution in [0.15, 0.2) is 12.5 Å². The lowest BCUT2D eigenvalue weighted by Crippen LogP contribution is -2.30. The molecular formula is C10H17N3O2. The standard InChI is InChI=1S/C10H17N3O2/c1-4-13(7-10(14)15-3)6-9-5-11-8-12(9)2/h5,8H,4,6-7H2,1-3H3. The van der Waals surface area contributed by atoms with Crippen LogP contribution in [0.1, 0.15) is 12.6 Å². The van der Waals surface area contributed by atoms with Crippen LogP contribution >= 0.6 is 0 Å². The van der Waals surface area contributed by atoms with Crippen molar-refractivity contribution < 1.29 is 9.53 Å². The fourth-order valence-corrected chi connectivity index (χ4v) is 1.29. The van der Waals surface area contributed by atoms with Gasteiger partial charge in [0.25, 0.3) is 0 Å². The third kappa shape index (κ3) is 3.36. The molecule has 0 aromatic carbocycles. The molecule has 0 saturated heterocycles. The first-order chi connectivity index (χ1) is 7.17. The van der Waals surface area contributed by atoms with Crippen LogP contribution in [-0.4, -0.2) is 40.6 Å². The molecule has 0 radical (unpaired) electrons. The Bertz CT molecular complexity index is 322. The number of ether oxygens (including phenoxy) is 1. The number of likely N-dealkylation sites (N-methyl/N-ethyl adjacent to an activating group) is 1. The van der Waals surface area contributed by atoms with E-state index < -0.39 is 0 Å². The van der Waals surface area contributed by atoms with Crippen molar-refractivity contribution in [3.8, 4) is 0 Å². The van der Waals surface area contributed by atoms with Crippen molar-refractivity contribution in [2.45, 2.75) is 13.5 Å². The van der Waals surface area contributed by atoms with E-state index >= 15 is 0 Å². The predicted octanol–water partition coefficient (Wildman–Crippen LogP) is 0.415. The Kier molecular flexibility index (Phi) is 4.30. The molecule has 0 unspecified atom stereocenters. The third-order valence-electron chi connectivity index (χ3n) is 2.33. The first-order valence-corrected chi connectivity index (χ1v) is 4.91. The molecule has 0 aliphatic rings. The van der Waals surface area contributed by atoms with Crippen molar-refractivity contribution in [1.82, 2.24) is 14.5 Å². The zero-order valence-electron chi connectivity index (χ0n) is 9.43. The highest BCUT2D eigenvalue weighted by Crippen LogP contribution is 2.02. The maximum absolute atomic E-state index is 11.1. The third-order valence-corrected chi connectivity index (χ3v) is 2.33. The molecule has 0 saturated carbocycles. The van der Waals surface area contributed by atoms with Gasteiger partial charge in [-0.05, 0) is 6.54 Å². The molecule has 0 fully saturated rings. The van der Waals surface area contributed by atoms with E-state index in [0.717, 1.165) is 12.2 Å². The van der Waals surface area contributed by atoms with Gasteiger partial charge in [-0.25, -0.2) is 4.98 Å². The summed E-state index contributed by atoms with van der Waals surface area (Å²) in [7, 11) is 3.34. The van der Waals surface area contributed by atoms with E-state index in [4.69, 9.17) is 0 Å². The fraction of sp³-hybridized carbons (Fsp3) is 0.600. The highest BCUT2D eigenvalue weighted by molar-refractivity contribution is 5.71. The molecule has 5 heteroatoms. The smallest absolute Gasteiger partial charge is 0.319 e. The molecule has 0 bridgehead atoms.